The number of aromatic nitrogens is 2. The number of anilines is 2. The third-order valence-electron chi connectivity index (χ3n) is 14.0. The lowest BCUT2D eigenvalue weighted by atomic mass is 9.57. The molecule has 362 valence electrons. The van der Waals surface area contributed by atoms with E-state index in [1.807, 2.05) is 60.7 Å². The van der Waals surface area contributed by atoms with E-state index in [0.29, 0.717) is 28.9 Å². The fourth-order valence-electron chi connectivity index (χ4n) is 10.4. The van der Waals surface area contributed by atoms with Crippen molar-refractivity contribution in [3.8, 4) is 39.7 Å². The number of phenolic OH excluding ortho intramolecular Hbond substituents is 1. The van der Waals surface area contributed by atoms with Crippen LogP contribution in [-0.4, -0.2) is 38.2 Å². The van der Waals surface area contributed by atoms with Crippen LogP contribution in [0.5, 0.6) is 5.75 Å². The molecular formula is C57H86N6O3. The van der Waals surface area contributed by atoms with Gasteiger partial charge in [0.2, 0.25) is 0 Å². The van der Waals surface area contributed by atoms with Crippen LogP contribution in [0.25, 0.3) is 33.9 Å². The van der Waals surface area contributed by atoms with Gasteiger partial charge in [0.25, 0.3) is 0 Å². The van der Waals surface area contributed by atoms with Crippen molar-refractivity contribution >= 4 is 23.4 Å². The second-order valence-corrected chi connectivity index (χ2v) is 24.2. The minimum Gasteiger partial charge on any atom is -0.507 e. The van der Waals surface area contributed by atoms with Crippen molar-refractivity contribution in [2.24, 2.45) is 16.7 Å². The van der Waals surface area contributed by atoms with E-state index in [1.165, 1.54) is 38.5 Å². The van der Waals surface area contributed by atoms with E-state index in [4.69, 9.17) is 4.98 Å². The van der Waals surface area contributed by atoms with Crippen LogP contribution in [0.15, 0.2) is 60.7 Å². The Morgan fingerprint density at radius 3 is 1.74 bits per heavy atom. The summed E-state index contributed by atoms with van der Waals surface area (Å²) in [5.74, 6) is 1.51. The molecule has 1 saturated carbocycles. The predicted octanol–water partition coefficient (Wildman–Crippen LogP) is 15.9. The zero-order valence-corrected chi connectivity index (χ0v) is 43.5. The Hall–Kier alpha value is -4.79. The van der Waals surface area contributed by atoms with Crippen LogP contribution in [0, 0.1) is 16.7 Å². The fraction of sp³-hybridized carbons (Fsp3) is 0.596. The molecule has 2 atom stereocenters. The molecule has 4 amide bonds. The van der Waals surface area contributed by atoms with Crippen molar-refractivity contribution in [2.75, 3.05) is 10.6 Å². The lowest BCUT2D eigenvalue weighted by molar-refractivity contribution is 0.0242. The average molecular weight is 903 g/mol. The van der Waals surface area contributed by atoms with Crippen LogP contribution < -0.4 is 21.3 Å². The highest BCUT2D eigenvalue weighted by atomic mass is 16.3. The van der Waals surface area contributed by atoms with E-state index in [2.05, 4.69) is 130 Å². The number of imidazole rings is 1. The SMILES string of the molecule is CCCCCCC(C)(C)C1CC(C)(C)CC(C)(NC(=O)Nc2ccc(-c3[nH]c(-c4cc(C(C)(C)C)c(O)c(C(C)(C)C)c4)nc3-c3ccc(NC(=O)NC(C)(C)CCCCC)cc3)cc2)C1. The normalized spacial score (nSPS) is 17.9. The van der Waals surface area contributed by atoms with Gasteiger partial charge in [-0.15, -0.1) is 0 Å². The van der Waals surface area contributed by atoms with Crippen LogP contribution in [-0.2, 0) is 10.8 Å². The van der Waals surface area contributed by atoms with Crippen molar-refractivity contribution in [1.82, 2.24) is 20.6 Å². The molecular weight excluding hydrogens is 817 g/mol. The summed E-state index contributed by atoms with van der Waals surface area (Å²) in [6.45, 7) is 33.0. The lowest BCUT2D eigenvalue weighted by Crippen LogP contribution is -2.55. The number of carbonyl (C=O) groups excluding carboxylic acids is 2. The monoisotopic (exact) mass is 903 g/mol. The van der Waals surface area contributed by atoms with Gasteiger partial charge in [-0.3, -0.25) is 0 Å². The van der Waals surface area contributed by atoms with Gasteiger partial charge in [0.1, 0.15) is 11.6 Å². The number of aromatic amines is 1. The summed E-state index contributed by atoms with van der Waals surface area (Å²) in [6, 6.07) is 19.4. The molecule has 1 aliphatic rings. The maximum Gasteiger partial charge on any atom is 0.319 e. The molecule has 0 spiro atoms. The molecule has 6 N–H and O–H groups in total. The quantitative estimate of drug-likeness (QED) is 0.0589. The van der Waals surface area contributed by atoms with Gasteiger partial charge in [0, 0.05) is 50.3 Å². The first-order valence-corrected chi connectivity index (χ1v) is 25.0. The Labute approximate surface area is 398 Å². The molecule has 66 heavy (non-hydrogen) atoms. The van der Waals surface area contributed by atoms with E-state index in [0.717, 1.165) is 77.7 Å². The molecule has 1 heterocycles. The maximum absolute atomic E-state index is 13.8. The number of nitrogens with zero attached hydrogens (tertiary/aromatic N) is 1. The summed E-state index contributed by atoms with van der Waals surface area (Å²) in [5.41, 5.74) is 6.35. The third-order valence-corrected chi connectivity index (χ3v) is 14.0. The Morgan fingerprint density at radius 1 is 0.682 bits per heavy atom. The first kappa shape index (κ1) is 52.2. The number of phenols is 1. The number of nitrogens with one attached hydrogen (secondary N) is 5. The fourth-order valence-corrected chi connectivity index (χ4v) is 10.4. The number of hydrogen-bond donors (Lipinski definition) is 6. The number of carbonyl (C=O) groups is 2. The smallest absolute Gasteiger partial charge is 0.319 e. The molecule has 0 radical (unpaired) electrons. The summed E-state index contributed by atoms with van der Waals surface area (Å²) in [4.78, 5) is 35.8. The molecule has 5 rings (SSSR count). The molecule has 1 fully saturated rings. The Kier molecular flexibility index (Phi) is 16.3. The molecule has 0 aliphatic heterocycles. The molecule has 0 saturated heterocycles. The molecule has 4 aromatic rings. The number of hydrogen-bond acceptors (Lipinski definition) is 4. The standard InChI is InChI=1S/C57H86N6O3/c1-16-18-20-22-31-55(11,12)41-35-54(9,10)37-57(15,36-41)63-51(66)59-43-29-25-39(26-30-43)47-46(38-23-27-42(28-24-38)58-50(65)62-56(13,14)32-21-19-17-2)60-49(61-47)40-33-44(52(3,4)5)48(64)45(34-40)53(6,7)8/h23-30,33-34,41,64H,16-22,31-32,35-37H2,1-15H3,(H,60,61)(H2,58,62,65)(H2,59,63,66). The highest BCUT2D eigenvalue weighted by Gasteiger charge is 2.46. The maximum atomic E-state index is 13.8. The third kappa shape index (κ3) is 13.9. The summed E-state index contributed by atoms with van der Waals surface area (Å²) in [6.07, 6.45) is 13.6. The minimum atomic E-state index is -0.327. The van der Waals surface area contributed by atoms with Gasteiger partial charge in [-0.1, -0.05) is 152 Å². The van der Waals surface area contributed by atoms with Gasteiger partial charge < -0.3 is 31.4 Å². The van der Waals surface area contributed by atoms with Gasteiger partial charge in [0.05, 0.1) is 11.4 Å². The number of urea groups is 2. The van der Waals surface area contributed by atoms with Crippen molar-refractivity contribution in [3.05, 3.63) is 71.8 Å². The van der Waals surface area contributed by atoms with Gasteiger partial charge in [-0.05, 0) is 117 Å². The van der Waals surface area contributed by atoms with E-state index in [-0.39, 0.29) is 44.8 Å². The van der Waals surface area contributed by atoms with E-state index < -0.39 is 0 Å². The molecule has 9 heteroatoms. The summed E-state index contributed by atoms with van der Waals surface area (Å²) in [7, 11) is 0. The van der Waals surface area contributed by atoms with E-state index in [1.54, 1.807) is 0 Å². The second kappa shape index (κ2) is 20.6. The van der Waals surface area contributed by atoms with Crippen molar-refractivity contribution in [3.63, 3.8) is 0 Å². The minimum absolute atomic E-state index is 0.118. The number of H-pyrrole nitrogens is 1. The van der Waals surface area contributed by atoms with Gasteiger partial charge >= 0.3 is 12.1 Å². The van der Waals surface area contributed by atoms with Crippen LogP contribution in [0.2, 0.25) is 0 Å². The van der Waals surface area contributed by atoms with E-state index >= 15 is 0 Å². The molecule has 1 aliphatic carbocycles. The largest absolute Gasteiger partial charge is 0.507 e. The number of benzene rings is 3. The van der Waals surface area contributed by atoms with Crippen molar-refractivity contribution in [1.29, 1.82) is 0 Å². The Bertz CT molecular complexity index is 2220. The number of rotatable bonds is 17. The highest BCUT2D eigenvalue weighted by molar-refractivity contribution is 5.92. The van der Waals surface area contributed by atoms with Crippen molar-refractivity contribution in [2.45, 2.75) is 203 Å². The first-order chi connectivity index (χ1) is 30.6. The molecule has 1 aromatic heterocycles. The number of unbranched alkanes of at least 4 members (excludes halogenated alkanes) is 5. The Morgan fingerprint density at radius 2 is 1.20 bits per heavy atom. The molecule has 0 bridgehead atoms. The second-order valence-electron chi connectivity index (χ2n) is 24.2. The lowest BCUT2D eigenvalue weighted by Gasteiger charge is -2.51. The van der Waals surface area contributed by atoms with Crippen LogP contribution in [0.3, 0.4) is 0 Å². The van der Waals surface area contributed by atoms with E-state index in [9.17, 15) is 14.7 Å². The first-order valence-electron chi connectivity index (χ1n) is 25.0. The van der Waals surface area contributed by atoms with Crippen molar-refractivity contribution < 1.29 is 14.7 Å². The Balaban J connectivity index is 1.43. The highest BCUT2D eigenvalue weighted by Crippen LogP contribution is 2.51. The predicted molar refractivity (Wildman–Crippen MR) is 279 cm³/mol. The number of amides is 4. The van der Waals surface area contributed by atoms with Gasteiger partial charge in [-0.25, -0.2) is 14.6 Å². The van der Waals surface area contributed by atoms with Gasteiger partial charge in [-0.2, -0.15) is 0 Å². The van der Waals surface area contributed by atoms with Crippen LogP contribution >= 0.6 is 0 Å². The number of aromatic hydroxyl groups is 1. The average Bonchev–Trinajstić information content (AvgIpc) is 3.64. The summed E-state index contributed by atoms with van der Waals surface area (Å²) >= 11 is 0. The zero-order valence-electron chi connectivity index (χ0n) is 43.5. The van der Waals surface area contributed by atoms with Gasteiger partial charge in [0.15, 0.2) is 0 Å². The summed E-state index contributed by atoms with van der Waals surface area (Å²) < 4.78 is 0. The van der Waals surface area contributed by atoms with Crippen LogP contribution in [0.4, 0.5) is 21.0 Å². The summed E-state index contributed by atoms with van der Waals surface area (Å²) in [5, 5.41) is 24.3. The molecule has 2 unspecified atom stereocenters. The topological polar surface area (TPSA) is 131 Å². The van der Waals surface area contributed by atoms with Crippen LogP contribution in [0.1, 0.15) is 192 Å². The zero-order chi connectivity index (χ0) is 48.9. The molecule has 3 aromatic carbocycles. The molecule has 9 nitrogen and oxygen atoms in total.